The van der Waals surface area contributed by atoms with Crippen LogP contribution in [-0.2, 0) is 0 Å². The first-order valence-corrected chi connectivity index (χ1v) is 7.32. The van der Waals surface area contributed by atoms with Crippen LogP contribution in [0.5, 0.6) is 5.75 Å². The molecule has 0 radical (unpaired) electrons. The van der Waals surface area contributed by atoms with E-state index in [1.54, 1.807) is 12.1 Å². The van der Waals surface area contributed by atoms with Crippen molar-refractivity contribution in [2.24, 2.45) is 0 Å². The number of halogens is 3. The second-order valence-electron chi connectivity index (χ2n) is 5.42. The molecule has 2 heterocycles. The molecule has 1 aromatic carbocycles. The number of nitrogens with zero attached hydrogens (tertiary/aromatic N) is 2. The monoisotopic (exact) mass is 340 g/mol. The number of amides is 1. The second kappa shape index (κ2) is 6.42. The molecule has 2 N–H and O–H groups in total. The van der Waals surface area contributed by atoms with Crippen molar-refractivity contribution in [2.75, 3.05) is 18.0 Å². The number of H-pyrrole nitrogens is 1. The Balaban J connectivity index is 1.61. The van der Waals surface area contributed by atoms with E-state index in [1.807, 2.05) is 4.90 Å². The van der Waals surface area contributed by atoms with E-state index in [9.17, 15) is 18.0 Å². The molecule has 0 saturated carbocycles. The molecule has 1 aliphatic rings. The number of carbonyl (C=O) groups excluding carboxylic acids is 1. The minimum atomic E-state index is -4.72. The number of ether oxygens (including phenoxy) is 1. The summed E-state index contributed by atoms with van der Waals surface area (Å²) < 4.78 is 40.8. The van der Waals surface area contributed by atoms with Gasteiger partial charge in [0.2, 0.25) is 0 Å². The Bertz CT molecular complexity index is 703. The minimum absolute atomic E-state index is 0.0898. The normalized spacial score (nSPS) is 17.8. The molecule has 1 saturated heterocycles. The molecule has 1 aliphatic heterocycles. The third-order valence-corrected chi connectivity index (χ3v) is 3.69. The average Bonchev–Trinajstić information content (AvgIpc) is 3.17. The zero-order valence-corrected chi connectivity index (χ0v) is 12.5. The van der Waals surface area contributed by atoms with Gasteiger partial charge in [0.05, 0.1) is 0 Å². The Labute approximate surface area is 135 Å². The van der Waals surface area contributed by atoms with Crippen molar-refractivity contribution in [2.45, 2.75) is 18.8 Å². The number of hydrogen-bond donors (Lipinski definition) is 2. The summed E-state index contributed by atoms with van der Waals surface area (Å²) in [6.45, 7) is 1.14. The summed E-state index contributed by atoms with van der Waals surface area (Å²) in [6, 6.07) is 7.29. The Morgan fingerprint density at radius 3 is 2.92 bits per heavy atom. The fourth-order valence-corrected chi connectivity index (χ4v) is 2.64. The van der Waals surface area contributed by atoms with Crippen LogP contribution in [0.3, 0.4) is 0 Å². The number of hydrogen-bond acceptors (Lipinski definition) is 4. The van der Waals surface area contributed by atoms with Crippen molar-refractivity contribution in [3.8, 4) is 5.75 Å². The maximum atomic E-state index is 12.3. The molecule has 1 atom stereocenters. The van der Waals surface area contributed by atoms with Gasteiger partial charge < -0.3 is 15.0 Å². The van der Waals surface area contributed by atoms with Crippen LogP contribution < -0.4 is 15.0 Å². The van der Waals surface area contributed by atoms with E-state index in [4.69, 9.17) is 0 Å². The maximum absolute atomic E-state index is 12.3. The number of alkyl halides is 3. The molecule has 128 valence electrons. The number of benzene rings is 1. The largest absolute Gasteiger partial charge is 0.573 e. The van der Waals surface area contributed by atoms with Gasteiger partial charge in [0, 0.05) is 37.1 Å². The number of aromatic amines is 1. The van der Waals surface area contributed by atoms with E-state index in [0.29, 0.717) is 30.9 Å². The zero-order valence-electron chi connectivity index (χ0n) is 12.5. The van der Waals surface area contributed by atoms with E-state index in [2.05, 4.69) is 20.3 Å². The van der Waals surface area contributed by atoms with E-state index in [-0.39, 0.29) is 17.7 Å². The molecule has 1 fully saturated rings. The van der Waals surface area contributed by atoms with Crippen molar-refractivity contribution >= 4 is 11.6 Å². The Hall–Kier alpha value is -2.71. The van der Waals surface area contributed by atoms with Gasteiger partial charge in [-0.2, -0.15) is 5.10 Å². The summed E-state index contributed by atoms with van der Waals surface area (Å²) in [7, 11) is 0. The van der Waals surface area contributed by atoms with Crippen LogP contribution in [0.2, 0.25) is 0 Å². The number of aromatic nitrogens is 2. The number of carbonyl (C=O) groups is 1. The molecular formula is C15H15F3N4O2. The molecule has 0 aliphatic carbocycles. The van der Waals surface area contributed by atoms with Crippen LogP contribution >= 0.6 is 0 Å². The van der Waals surface area contributed by atoms with Crippen LogP contribution in [0.4, 0.5) is 18.9 Å². The van der Waals surface area contributed by atoms with Crippen molar-refractivity contribution in [1.82, 2.24) is 15.5 Å². The molecule has 1 aromatic heterocycles. The van der Waals surface area contributed by atoms with Crippen LogP contribution in [0.1, 0.15) is 16.9 Å². The van der Waals surface area contributed by atoms with E-state index in [0.717, 1.165) is 0 Å². The fraction of sp³-hybridized carbons (Fsp3) is 0.333. The quantitative estimate of drug-likeness (QED) is 0.896. The zero-order chi connectivity index (χ0) is 17.2. The Morgan fingerprint density at radius 1 is 1.38 bits per heavy atom. The summed E-state index contributed by atoms with van der Waals surface area (Å²) >= 11 is 0. The van der Waals surface area contributed by atoms with Crippen molar-refractivity contribution < 1.29 is 22.7 Å². The highest BCUT2D eigenvalue weighted by molar-refractivity contribution is 5.92. The van der Waals surface area contributed by atoms with Crippen LogP contribution in [-0.4, -0.2) is 41.6 Å². The topological polar surface area (TPSA) is 70.2 Å². The lowest BCUT2D eigenvalue weighted by Gasteiger charge is -2.20. The van der Waals surface area contributed by atoms with Gasteiger partial charge in [-0.25, -0.2) is 0 Å². The molecule has 0 spiro atoms. The standard InChI is InChI=1S/C15H15F3N4O2/c16-15(17,18)24-12-3-1-2-11(8-12)22-7-5-10(9-22)20-14(23)13-4-6-19-21-13/h1-4,6,8,10H,5,7,9H2,(H,19,21)(H,20,23). The van der Waals surface area contributed by atoms with Gasteiger partial charge in [-0.15, -0.1) is 13.2 Å². The van der Waals surface area contributed by atoms with Crippen molar-refractivity contribution in [3.05, 3.63) is 42.2 Å². The van der Waals surface area contributed by atoms with E-state index in [1.165, 1.54) is 24.4 Å². The first-order valence-electron chi connectivity index (χ1n) is 7.32. The number of anilines is 1. The fourth-order valence-electron chi connectivity index (χ4n) is 2.64. The third-order valence-electron chi connectivity index (χ3n) is 3.69. The van der Waals surface area contributed by atoms with Crippen LogP contribution in [0.25, 0.3) is 0 Å². The predicted molar refractivity (Wildman–Crippen MR) is 79.8 cm³/mol. The minimum Gasteiger partial charge on any atom is -0.406 e. The Kier molecular flexibility index (Phi) is 4.32. The predicted octanol–water partition coefficient (Wildman–Crippen LogP) is 2.32. The lowest BCUT2D eigenvalue weighted by Crippen LogP contribution is -2.37. The molecule has 1 amide bonds. The van der Waals surface area contributed by atoms with Gasteiger partial charge in [-0.1, -0.05) is 6.07 Å². The highest BCUT2D eigenvalue weighted by Crippen LogP contribution is 2.28. The first-order chi connectivity index (χ1) is 11.4. The lowest BCUT2D eigenvalue weighted by molar-refractivity contribution is -0.274. The second-order valence-corrected chi connectivity index (χ2v) is 5.42. The highest BCUT2D eigenvalue weighted by atomic mass is 19.4. The molecule has 1 unspecified atom stereocenters. The SMILES string of the molecule is O=C(NC1CCN(c2cccc(OC(F)(F)F)c2)C1)c1ccn[nH]1. The van der Waals surface area contributed by atoms with Gasteiger partial charge in [0.1, 0.15) is 11.4 Å². The van der Waals surface area contributed by atoms with Gasteiger partial charge in [0.25, 0.3) is 5.91 Å². The summed E-state index contributed by atoms with van der Waals surface area (Å²) in [5.41, 5.74) is 0.990. The Morgan fingerprint density at radius 2 is 2.21 bits per heavy atom. The van der Waals surface area contributed by atoms with Gasteiger partial charge in [-0.3, -0.25) is 9.89 Å². The first kappa shape index (κ1) is 16.2. The molecule has 24 heavy (non-hydrogen) atoms. The number of rotatable bonds is 4. The summed E-state index contributed by atoms with van der Waals surface area (Å²) in [6.07, 6.45) is -2.53. The maximum Gasteiger partial charge on any atom is 0.573 e. The van der Waals surface area contributed by atoms with E-state index < -0.39 is 6.36 Å². The number of nitrogens with one attached hydrogen (secondary N) is 2. The molecular weight excluding hydrogens is 325 g/mol. The van der Waals surface area contributed by atoms with Gasteiger partial charge >= 0.3 is 6.36 Å². The average molecular weight is 340 g/mol. The highest BCUT2D eigenvalue weighted by Gasteiger charge is 2.31. The van der Waals surface area contributed by atoms with Gasteiger partial charge in [-0.05, 0) is 24.6 Å². The summed E-state index contributed by atoms with van der Waals surface area (Å²) in [5, 5.41) is 9.17. The molecule has 0 bridgehead atoms. The van der Waals surface area contributed by atoms with Crippen molar-refractivity contribution in [1.29, 1.82) is 0 Å². The van der Waals surface area contributed by atoms with Crippen LogP contribution in [0, 0.1) is 0 Å². The van der Waals surface area contributed by atoms with E-state index >= 15 is 0 Å². The molecule has 2 aromatic rings. The smallest absolute Gasteiger partial charge is 0.406 e. The summed E-state index contributed by atoms with van der Waals surface area (Å²) in [4.78, 5) is 13.9. The molecule has 9 heteroatoms. The molecule has 6 nitrogen and oxygen atoms in total. The van der Waals surface area contributed by atoms with Crippen LogP contribution in [0.15, 0.2) is 36.5 Å². The summed E-state index contributed by atoms with van der Waals surface area (Å²) in [5.74, 6) is -0.515. The van der Waals surface area contributed by atoms with Gasteiger partial charge in [0.15, 0.2) is 0 Å². The van der Waals surface area contributed by atoms with Crippen molar-refractivity contribution in [3.63, 3.8) is 0 Å². The lowest BCUT2D eigenvalue weighted by atomic mass is 10.2. The molecule has 3 rings (SSSR count). The third kappa shape index (κ3) is 3.98.